The second-order valence-electron chi connectivity index (χ2n) is 9.40. The maximum Gasteiger partial charge on any atom is 0.105 e. The molecule has 134 valence electrons. The third-order valence-corrected chi connectivity index (χ3v) is 8.34. The fraction of sp³-hybridized carbons (Fsp3) is 0.800. The lowest BCUT2D eigenvalue weighted by Crippen LogP contribution is -2.57. The van der Waals surface area contributed by atoms with Crippen LogP contribution in [-0.4, -0.2) is 44.3 Å². The van der Waals surface area contributed by atoms with Gasteiger partial charge >= 0.3 is 0 Å². The van der Waals surface area contributed by atoms with Crippen LogP contribution < -0.4 is 0 Å². The summed E-state index contributed by atoms with van der Waals surface area (Å²) in [6.45, 7) is 12.2. The molecule has 4 aliphatic carbocycles. The number of hydrogen-bond acceptors (Lipinski definition) is 4. The fourth-order valence-corrected chi connectivity index (χ4v) is 6.76. The van der Waals surface area contributed by atoms with Crippen LogP contribution in [0.25, 0.3) is 0 Å². The Kier molecular flexibility index (Phi) is 3.30. The van der Waals surface area contributed by atoms with Gasteiger partial charge in [-0.3, -0.25) is 0 Å². The second kappa shape index (κ2) is 4.73. The molecule has 4 rings (SSSR count). The maximum absolute atomic E-state index is 11.6. The highest BCUT2D eigenvalue weighted by Crippen LogP contribution is 2.67. The molecule has 0 heterocycles. The van der Waals surface area contributed by atoms with Gasteiger partial charge in [-0.25, -0.2) is 0 Å². The summed E-state index contributed by atoms with van der Waals surface area (Å²) in [7, 11) is 0. The average molecular weight is 334 g/mol. The van der Waals surface area contributed by atoms with Crippen LogP contribution >= 0.6 is 0 Å². The maximum atomic E-state index is 11.6. The van der Waals surface area contributed by atoms with Gasteiger partial charge in [0.05, 0.1) is 18.3 Å². The van der Waals surface area contributed by atoms with E-state index in [0.29, 0.717) is 19.3 Å². The molecular formula is C20H30O4. The third-order valence-electron chi connectivity index (χ3n) is 8.34. The van der Waals surface area contributed by atoms with Crippen molar-refractivity contribution in [3.05, 3.63) is 24.3 Å². The predicted octanol–water partition coefficient (Wildman–Crippen LogP) is 1.78. The average Bonchev–Trinajstić information content (AvgIpc) is 2.73. The van der Waals surface area contributed by atoms with E-state index in [1.165, 1.54) is 0 Å². The molecule has 4 nitrogen and oxygen atoms in total. The normalized spacial score (nSPS) is 55.9. The molecule has 0 radical (unpaired) electrons. The Balaban J connectivity index is 1.85. The third kappa shape index (κ3) is 1.64. The van der Waals surface area contributed by atoms with Gasteiger partial charge in [-0.2, -0.15) is 0 Å². The summed E-state index contributed by atoms with van der Waals surface area (Å²) in [6, 6.07) is 0. The lowest BCUT2D eigenvalue weighted by Gasteiger charge is -2.46. The van der Waals surface area contributed by atoms with E-state index in [1.54, 1.807) is 0 Å². The summed E-state index contributed by atoms with van der Waals surface area (Å²) < 4.78 is 0. The standard InChI is InChI=1S/C20H30O4/c1-10-8-19-9-16(22)20(24)14(7-15(21)18(20,3)4)11(2)13(19)6-5-12(10)17(19)23/h12-17,21-24H,1-2,5-9H2,3-4H3/t12-,13-,14-,15-,16+,17+,19+,20-/m0/s1. The molecule has 2 bridgehead atoms. The van der Waals surface area contributed by atoms with Gasteiger partial charge in [0, 0.05) is 22.7 Å². The minimum Gasteiger partial charge on any atom is -0.392 e. The highest BCUT2D eigenvalue weighted by atomic mass is 16.4. The first-order chi connectivity index (χ1) is 11.1. The Bertz CT molecular complexity index is 611. The van der Waals surface area contributed by atoms with E-state index >= 15 is 0 Å². The molecule has 1 spiro atoms. The van der Waals surface area contributed by atoms with Crippen molar-refractivity contribution in [3.63, 3.8) is 0 Å². The van der Waals surface area contributed by atoms with Crippen LogP contribution in [0.4, 0.5) is 0 Å². The van der Waals surface area contributed by atoms with E-state index in [2.05, 4.69) is 13.2 Å². The SMILES string of the molecule is C=C1C[C@@]23C[C@@H](O)[C@@]4(O)[C@@H](C[C@H](O)C4(C)C)C(=C)[C@@H]2CC[C@@H]1[C@H]3O. The first kappa shape index (κ1) is 16.8. The van der Waals surface area contributed by atoms with Gasteiger partial charge in [0.15, 0.2) is 0 Å². The zero-order valence-corrected chi connectivity index (χ0v) is 14.7. The van der Waals surface area contributed by atoms with E-state index in [1.807, 2.05) is 13.8 Å². The summed E-state index contributed by atoms with van der Waals surface area (Å²) in [5.41, 5.74) is -0.703. The van der Waals surface area contributed by atoms with E-state index in [-0.39, 0.29) is 17.8 Å². The summed E-state index contributed by atoms with van der Waals surface area (Å²) in [5, 5.41) is 44.2. The number of aliphatic hydroxyl groups is 4. The molecule has 0 aromatic carbocycles. The van der Waals surface area contributed by atoms with Gasteiger partial charge in [0.1, 0.15) is 5.60 Å². The van der Waals surface area contributed by atoms with E-state index in [4.69, 9.17) is 0 Å². The highest BCUT2D eigenvalue weighted by Gasteiger charge is 2.70. The Morgan fingerprint density at radius 3 is 2.33 bits per heavy atom. The zero-order chi connectivity index (χ0) is 17.7. The fourth-order valence-electron chi connectivity index (χ4n) is 6.76. The quantitative estimate of drug-likeness (QED) is 0.509. The van der Waals surface area contributed by atoms with Gasteiger partial charge in [-0.1, -0.05) is 38.2 Å². The van der Waals surface area contributed by atoms with Crippen molar-refractivity contribution in [2.24, 2.45) is 28.6 Å². The topological polar surface area (TPSA) is 80.9 Å². The van der Waals surface area contributed by atoms with Crippen molar-refractivity contribution < 1.29 is 20.4 Å². The van der Waals surface area contributed by atoms with Crippen molar-refractivity contribution in [2.75, 3.05) is 0 Å². The van der Waals surface area contributed by atoms with Crippen LogP contribution in [0, 0.1) is 28.6 Å². The summed E-state index contributed by atoms with van der Waals surface area (Å²) >= 11 is 0. The Morgan fingerprint density at radius 1 is 1.00 bits per heavy atom. The van der Waals surface area contributed by atoms with Gasteiger partial charge in [0.25, 0.3) is 0 Å². The molecule has 0 aromatic rings. The molecule has 0 amide bonds. The molecule has 4 fully saturated rings. The summed E-state index contributed by atoms with van der Waals surface area (Å²) in [5.74, 6) is -0.162. The van der Waals surface area contributed by atoms with Gasteiger partial charge < -0.3 is 20.4 Å². The first-order valence-electron chi connectivity index (χ1n) is 9.20. The molecule has 4 saturated carbocycles. The molecule has 0 saturated heterocycles. The van der Waals surface area contributed by atoms with Crippen LogP contribution in [0.2, 0.25) is 0 Å². The first-order valence-corrected chi connectivity index (χ1v) is 9.20. The smallest absolute Gasteiger partial charge is 0.105 e. The number of fused-ring (bicyclic) bond motifs is 2. The molecule has 24 heavy (non-hydrogen) atoms. The zero-order valence-electron chi connectivity index (χ0n) is 14.7. The van der Waals surface area contributed by atoms with Crippen molar-refractivity contribution >= 4 is 0 Å². The van der Waals surface area contributed by atoms with Crippen molar-refractivity contribution in [1.29, 1.82) is 0 Å². The minimum absolute atomic E-state index is 0.0674. The molecule has 0 aromatic heterocycles. The summed E-state index contributed by atoms with van der Waals surface area (Å²) in [6.07, 6.45) is 1.08. The highest BCUT2D eigenvalue weighted by molar-refractivity contribution is 5.34. The van der Waals surface area contributed by atoms with Gasteiger partial charge in [-0.15, -0.1) is 0 Å². The monoisotopic (exact) mass is 334 g/mol. The largest absolute Gasteiger partial charge is 0.392 e. The Morgan fingerprint density at radius 2 is 1.67 bits per heavy atom. The molecule has 0 unspecified atom stereocenters. The van der Waals surface area contributed by atoms with Gasteiger partial charge in [-0.05, 0) is 38.0 Å². The lowest BCUT2D eigenvalue weighted by atomic mass is 9.61. The van der Waals surface area contributed by atoms with Crippen LogP contribution in [-0.2, 0) is 0 Å². The number of aliphatic hydroxyl groups excluding tert-OH is 3. The summed E-state index contributed by atoms with van der Waals surface area (Å²) in [4.78, 5) is 0. The van der Waals surface area contributed by atoms with Crippen LogP contribution in [0.15, 0.2) is 24.3 Å². The molecule has 4 aliphatic rings. The molecular weight excluding hydrogens is 304 g/mol. The van der Waals surface area contributed by atoms with Crippen LogP contribution in [0.5, 0.6) is 0 Å². The van der Waals surface area contributed by atoms with Crippen molar-refractivity contribution in [1.82, 2.24) is 0 Å². The van der Waals surface area contributed by atoms with E-state index in [9.17, 15) is 20.4 Å². The predicted molar refractivity (Wildman–Crippen MR) is 91.0 cm³/mol. The molecule has 4 N–H and O–H groups in total. The minimum atomic E-state index is -1.41. The Hall–Kier alpha value is -0.680. The Labute approximate surface area is 143 Å². The van der Waals surface area contributed by atoms with Crippen LogP contribution in [0.1, 0.15) is 46.0 Å². The van der Waals surface area contributed by atoms with E-state index in [0.717, 1.165) is 24.0 Å². The number of hydrogen-bond donors (Lipinski definition) is 4. The second-order valence-corrected chi connectivity index (χ2v) is 9.40. The molecule has 8 atom stereocenters. The van der Waals surface area contributed by atoms with Crippen molar-refractivity contribution in [3.8, 4) is 0 Å². The lowest BCUT2D eigenvalue weighted by molar-refractivity contribution is -0.174. The van der Waals surface area contributed by atoms with E-state index < -0.39 is 34.7 Å². The van der Waals surface area contributed by atoms with Crippen LogP contribution in [0.3, 0.4) is 0 Å². The molecule has 0 aliphatic heterocycles. The molecule has 4 heteroatoms. The number of rotatable bonds is 0. The van der Waals surface area contributed by atoms with Gasteiger partial charge in [0.2, 0.25) is 0 Å². The van der Waals surface area contributed by atoms with Crippen molar-refractivity contribution in [2.45, 2.75) is 69.9 Å².